The van der Waals surface area contributed by atoms with E-state index in [1.165, 1.54) is 0 Å². The van der Waals surface area contributed by atoms with Gasteiger partial charge in [-0.2, -0.15) is 0 Å². The zero-order valence-electron chi connectivity index (χ0n) is 11.7. The van der Waals surface area contributed by atoms with Gasteiger partial charge in [0.25, 0.3) is 5.91 Å². The predicted octanol–water partition coefficient (Wildman–Crippen LogP) is 4.42. The second-order valence-corrected chi connectivity index (χ2v) is 6.47. The summed E-state index contributed by atoms with van der Waals surface area (Å²) in [4.78, 5) is 12.1. The number of carbonyl (C=O) groups excluding carboxylic acids is 1. The van der Waals surface area contributed by atoms with Gasteiger partial charge in [0.15, 0.2) is 0 Å². The number of hydrogen-bond acceptors (Lipinski definition) is 1. The highest BCUT2D eigenvalue weighted by Crippen LogP contribution is 2.22. The van der Waals surface area contributed by atoms with Crippen LogP contribution >= 0.6 is 23.2 Å². The summed E-state index contributed by atoms with van der Waals surface area (Å²) >= 11 is 11.7. The van der Waals surface area contributed by atoms with Crippen LogP contribution in [0.25, 0.3) is 0 Å². The van der Waals surface area contributed by atoms with E-state index in [9.17, 15) is 4.79 Å². The van der Waals surface area contributed by atoms with Crippen molar-refractivity contribution in [3.05, 3.63) is 34.3 Å². The third-order valence-corrected chi connectivity index (χ3v) is 3.50. The molecule has 0 saturated heterocycles. The van der Waals surface area contributed by atoms with Crippen molar-refractivity contribution < 1.29 is 4.79 Å². The van der Waals surface area contributed by atoms with Crippen molar-refractivity contribution in [3.8, 4) is 0 Å². The minimum absolute atomic E-state index is 0.0537. The van der Waals surface area contributed by atoms with E-state index in [0.29, 0.717) is 23.0 Å². The molecule has 0 aromatic heterocycles. The predicted molar refractivity (Wildman–Crippen MR) is 82.3 cm³/mol. The topological polar surface area (TPSA) is 29.1 Å². The van der Waals surface area contributed by atoms with Gasteiger partial charge in [0.05, 0.1) is 0 Å². The Hall–Kier alpha value is -0.730. The number of alkyl halides is 1. The van der Waals surface area contributed by atoms with Crippen LogP contribution in [0.4, 0.5) is 0 Å². The molecule has 0 aliphatic rings. The summed E-state index contributed by atoms with van der Waals surface area (Å²) in [5.74, 6) is 0.578. The first-order valence-electron chi connectivity index (χ1n) is 6.45. The highest BCUT2D eigenvalue weighted by atomic mass is 35.5. The molecule has 1 amide bonds. The third-order valence-electron chi connectivity index (χ3n) is 3.02. The lowest BCUT2D eigenvalue weighted by Gasteiger charge is -2.24. The third kappa shape index (κ3) is 5.84. The molecule has 0 aliphatic heterocycles. The molecule has 0 aliphatic carbocycles. The van der Waals surface area contributed by atoms with Crippen LogP contribution in [0.1, 0.15) is 42.6 Å². The summed E-state index contributed by atoms with van der Waals surface area (Å²) in [6.07, 6.45) is 1.95. The monoisotopic (exact) mass is 301 g/mol. The number of aryl methyl sites for hydroxylation is 1. The summed E-state index contributed by atoms with van der Waals surface area (Å²) in [5, 5.41) is 3.55. The van der Waals surface area contributed by atoms with Crippen molar-refractivity contribution in [2.24, 2.45) is 5.41 Å². The number of rotatable bonds is 6. The number of amides is 1. The molecule has 4 heteroatoms. The molecule has 0 atom stereocenters. The fraction of sp³-hybridized carbons (Fsp3) is 0.533. The Morgan fingerprint density at radius 2 is 2.00 bits per heavy atom. The molecule has 106 valence electrons. The minimum Gasteiger partial charge on any atom is -0.352 e. The van der Waals surface area contributed by atoms with E-state index in [-0.39, 0.29) is 11.3 Å². The van der Waals surface area contributed by atoms with Crippen LogP contribution in [-0.4, -0.2) is 18.3 Å². The Kier molecular flexibility index (Phi) is 6.15. The minimum atomic E-state index is -0.0791. The second-order valence-electron chi connectivity index (χ2n) is 5.66. The molecule has 2 nitrogen and oxygen atoms in total. The Morgan fingerprint density at radius 3 is 2.58 bits per heavy atom. The lowest BCUT2D eigenvalue weighted by atomic mass is 9.88. The summed E-state index contributed by atoms with van der Waals surface area (Å²) in [5.41, 5.74) is 1.65. The van der Waals surface area contributed by atoms with Crippen molar-refractivity contribution in [2.45, 2.75) is 33.6 Å². The number of hydrogen-bond donors (Lipinski definition) is 1. The van der Waals surface area contributed by atoms with Gasteiger partial charge in [-0.3, -0.25) is 4.79 Å². The maximum atomic E-state index is 12.1. The summed E-state index contributed by atoms with van der Waals surface area (Å²) in [7, 11) is 0. The first-order valence-corrected chi connectivity index (χ1v) is 7.37. The molecule has 1 aromatic rings. The van der Waals surface area contributed by atoms with Crippen molar-refractivity contribution in [1.82, 2.24) is 5.32 Å². The van der Waals surface area contributed by atoms with Crippen LogP contribution < -0.4 is 5.32 Å². The number of benzene rings is 1. The van der Waals surface area contributed by atoms with Gasteiger partial charge in [0.2, 0.25) is 0 Å². The van der Waals surface area contributed by atoms with Gasteiger partial charge in [-0.1, -0.05) is 25.4 Å². The first-order chi connectivity index (χ1) is 8.84. The summed E-state index contributed by atoms with van der Waals surface area (Å²) < 4.78 is 0. The van der Waals surface area contributed by atoms with Crippen molar-refractivity contribution >= 4 is 29.1 Å². The fourth-order valence-electron chi connectivity index (χ4n) is 1.92. The molecule has 0 bridgehead atoms. The maximum Gasteiger partial charge on any atom is 0.251 e. The van der Waals surface area contributed by atoms with Crippen LogP contribution in [0.2, 0.25) is 5.02 Å². The average molecular weight is 302 g/mol. The average Bonchev–Trinajstić information content (AvgIpc) is 2.32. The van der Waals surface area contributed by atoms with Gasteiger partial charge in [-0.25, -0.2) is 0 Å². The second kappa shape index (κ2) is 7.16. The van der Waals surface area contributed by atoms with E-state index < -0.39 is 0 Å². The van der Waals surface area contributed by atoms with Crippen LogP contribution in [-0.2, 0) is 0 Å². The van der Waals surface area contributed by atoms with E-state index in [4.69, 9.17) is 23.2 Å². The molecule has 0 spiro atoms. The fourth-order valence-corrected chi connectivity index (χ4v) is 2.35. The molecule has 0 unspecified atom stereocenters. The van der Waals surface area contributed by atoms with Gasteiger partial charge in [0, 0.05) is 23.0 Å². The smallest absolute Gasteiger partial charge is 0.251 e. The number of nitrogens with one attached hydrogen (secondary N) is 1. The zero-order valence-corrected chi connectivity index (χ0v) is 13.2. The maximum absolute atomic E-state index is 12.1. The van der Waals surface area contributed by atoms with Crippen LogP contribution in [0, 0.1) is 12.3 Å². The van der Waals surface area contributed by atoms with Crippen LogP contribution in [0.15, 0.2) is 18.2 Å². The summed E-state index contributed by atoms with van der Waals surface area (Å²) in [6, 6.07) is 5.37. The largest absolute Gasteiger partial charge is 0.352 e. The van der Waals surface area contributed by atoms with Crippen molar-refractivity contribution in [3.63, 3.8) is 0 Å². The molecule has 19 heavy (non-hydrogen) atoms. The van der Waals surface area contributed by atoms with Gasteiger partial charge < -0.3 is 5.32 Å². The molecule has 0 saturated carbocycles. The highest BCUT2D eigenvalue weighted by molar-refractivity contribution is 6.31. The standard InChI is InChI=1S/C15H21Cl2NO/c1-11-7-12(9-13(17)8-11)14(19)18-10-15(2,3)5-4-6-16/h7-9H,4-6,10H2,1-3H3,(H,18,19). The number of carbonyl (C=O) groups is 1. The van der Waals surface area contributed by atoms with Crippen molar-refractivity contribution in [1.29, 1.82) is 0 Å². The molecule has 0 heterocycles. The van der Waals surface area contributed by atoms with E-state index in [0.717, 1.165) is 18.4 Å². The molecule has 1 aromatic carbocycles. The molecule has 1 rings (SSSR count). The number of halogens is 2. The van der Waals surface area contributed by atoms with E-state index >= 15 is 0 Å². The summed E-state index contributed by atoms with van der Waals surface area (Å²) in [6.45, 7) is 6.81. The Balaban J connectivity index is 2.60. The molecule has 0 fully saturated rings. The van der Waals surface area contributed by atoms with Gasteiger partial charge >= 0.3 is 0 Å². The quantitative estimate of drug-likeness (QED) is 0.774. The Bertz CT molecular complexity index is 424. The molecular weight excluding hydrogens is 281 g/mol. The van der Waals surface area contributed by atoms with Crippen LogP contribution in [0.3, 0.4) is 0 Å². The lowest BCUT2D eigenvalue weighted by Crippen LogP contribution is -2.34. The SMILES string of the molecule is Cc1cc(Cl)cc(C(=O)NCC(C)(C)CCCCl)c1. The Labute approximate surface area is 125 Å². The Morgan fingerprint density at radius 1 is 1.32 bits per heavy atom. The first kappa shape index (κ1) is 16.3. The normalized spacial score (nSPS) is 11.4. The molecule has 0 radical (unpaired) electrons. The molecular formula is C15H21Cl2NO. The van der Waals surface area contributed by atoms with Gasteiger partial charge in [-0.15, -0.1) is 11.6 Å². The zero-order chi connectivity index (χ0) is 14.5. The van der Waals surface area contributed by atoms with E-state index in [1.54, 1.807) is 6.07 Å². The van der Waals surface area contributed by atoms with E-state index in [1.807, 2.05) is 19.1 Å². The van der Waals surface area contributed by atoms with Crippen LogP contribution in [0.5, 0.6) is 0 Å². The lowest BCUT2D eigenvalue weighted by molar-refractivity contribution is 0.0934. The van der Waals surface area contributed by atoms with Crippen molar-refractivity contribution in [2.75, 3.05) is 12.4 Å². The molecule has 1 N–H and O–H groups in total. The van der Waals surface area contributed by atoms with Gasteiger partial charge in [0.1, 0.15) is 0 Å². The highest BCUT2D eigenvalue weighted by Gasteiger charge is 2.18. The van der Waals surface area contributed by atoms with E-state index in [2.05, 4.69) is 19.2 Å². The van der Waals surface area contributed by atoms with Gasteiger partial charge in [-0.05, 0) is 48.9 Å².